The summed E-state index contributed by atoms with van der Waals surface area (Å²) in [5, 5.41) is 3.36. The maximum atomic E-state index is 11.8. The maximum Gasteiger partial charge on any atom is 0.410 e. The van der Waals surface area contributed by atoms with Gasteiger partial charge in [0.25, 0.3) is 0 Å². The predicted octanol–water partition coefficient (Wildman–Crippen LogP) is 3.32. The van der Waals surface area contributed by atoms with Crippen LogP contribution in [0.2, 0.25) is 0 Å². The monoisotopic (exact) mass is 298 g/mol. The molecule has 5 heteroatoms. The zero-order chi connectivity index (χ0) is 15.3. The van der Waals surface area contributed by atoms with Crippen molar-refractivity contribution >= 4 is 17.4 Å². The van der Waals surface area contributed by atoms with E-state index in [2.05, 4.69) is 25.2 Å². The van der Waals surface area contributed by atoms with Crippen LogP contribution in [0, 0.1) is 13.8 Å². The third kappa shape index (κ3) is 5.92. The average Bonchev–Trinajstić information content (AvgIpc) is 2.60. The Morgan fingerprint density at radius 1 is 1.40 bits per heavy atom. The van der Waals surface area contributed by atoms with Crippen molar-refractivity contribution in [2.45, 2.75) is 46.8 Å². The van der Waals surface area contributed by atoms with Gasteiger partial charge >= 0.3 is 6.09 Å². The highest BCUT2D eigenvalue weighted by Crippen LogP contribution is 2.20. The molecule has 20 heavy (non-hydrogen) atoms. The summed E-state index contributed by atoms with van der Waals surface area (Å²) in [7, 11) is 1.76. The van der Waals surface area contributed by atoms with E-state index in [0.717, 1.165) is 13.1 Å². The molecule has 1 rings (SSSR count). The molecule has 4 nitrogen and oxygen atoms in total. The third-order valence-corrected chi connectivity index (χ3v) is 3.80. The quantitative estimate of drug-likeness (QED) is 0.848. The lowest BCUT2D eigenvalue weighted by Gasteiger charge is -2.24. The van der Waals surface area contributed by atoms with Crippen molar-refractivity contribution in [3.8, 4) is 0 Å². The van der Waals surface area contributed by atoms with Gasteiger partial charge < -0.3 is 15.0 Å². The van der Waals surface area contributed by atoms with E-state index in [0.29, 0.717) is 6.54 Å². The van der Waals surface area contributed by atoms with Crippen molar-refractivity contribution in [2.24, 2.45) is 0 Å². The smallest absolute Gasteiger partial charge is 0.410 e. The number of likely N-dealkylation sites (N-methyl/N-ethyl adjacent to an activating group) is 1. The molecule has 0 aliphatic rings. The molecule has 1 aromatic heterocycles. The number of nitrogens with zero attached hydrogens (tertiary/aromatic N) is 1. The first-order valence-corrected chi connectivity index (χ1v) is 7.71. The zero-order valence-corrected chi connectivity index (χ0v) is 14.2. The lowest BCUT2D eigenvalue weighted by atomic mass is 10.2. The normalized spacial score (nSPS) is 11.5. The van der Waals surface area contributed by atoms with Gasteiger partial charge in [0.2, 0.25) is 0 Å². The van der Waals surface area contributed by atoms with Crippen LogP contribution in [0.1, 0.15) is 36.1 Å². The van der Waals surface area contributed by atoms with Gasteiger partial charge in [-0.25, -0.2) is 4.79 Å². The van der Waals surface area contributed by atoms with Crippen molar-refractivity contribution in [1.82, 2.24) is 10.2 Å². The van der Waals surface area contributed by atoms with Crippen LogP contribution in [-0.4, -0.2) is 36.7 Å². The summed E-state index contributed by atoms with van der Waals surface area (Å²) in [6, 6.07) is 2.21. The molecule has 114 valence electrons. The van der Waals surface area contributed by atoms with Gasteiger partial charge in [-0.2, -0.15) is 0 Å². The molecule has 1 aromatic rings. The SMILES string of the molecule is Cc1cc(CNCCN(C)C(=O)OC(C)(C)C)c(C)s1. The number of ether oxygens (including phenoxy) is 1. The average molecular weight is 298 g/mol. The number of hydrogen-bond donors (Lipinski definition) is 1. The van der Waals surface area contributed by atoms with E-state index < -0.39 is 5.60 Å². The largest absolute Gasteiger partial charge is 0.444 e. The van der Waals surface area contributed by atoms with Crippen LogP contribution >= 0.6 is 11.3 Å². The van der Waals surface area contributed by atoms with Crippen LogP contribution in [0.25, 0.3) is 0 Å². The molecule has 0 spiro atoms. The summed E-state index contributed by atoms with van der Waals surface area (Å²) < 4.78 is 5.30. The van der Waals surface area contributed by atoms with Crippen molar-refractivity contribution in [1.29, 1.82) is 0 Å². The zero-order valence-electron chi connectivity index (χ0n) is 13.4. The molecule has 1 N–H and O–H groups in total. The number of rotatable bonds is 5. The minimum Gasteiger partial charge on any atom is -0.444 e. The Morgan fingerprint density at radius 2 is 2.05 bits per heavy atom. The molecule has 0 saturated heterocycles. The van der Waals surface area contributed by atoms with E-state index >= 15 is 0 Å². The molecule has 0 aliphatic carbocycles. The van der Waals surface area contributed by atoms with Crippen LogP contribution in [0.3, 0.4) is 0 Å². The number of carbonyl (C=O) groups excluding carboxylic acids is 1. The van der Waals surface area contributed by atoms with Gasteiger partial charge in [0.1, 0.15) is 5.60 Å². The van der Waals surface area contributed by atoms with Crippen molar-refractivity contribution < 1.29 is 9.53 Å². The van der Waals surface area contributed by atoms with Gasteiger partial charge in [0, 0.05) is 36.4 Å². The van der Waals surface area contributed by atoms with Crippen LogP contribution in [0.4, 0.5) is 4.79 Å². The van der Waals surface area contributed by atoms with Gasteiger partial charge in [0.05, 0.1) is 0 Å². The standard InChI is InChI=1S/C15H26N2O2S/c1-11-9-13(12(2)20-11)10-16-7-8-17(6)14(18)19-15(3,4)5/h9,16H,7-8,10H2,1-6H3. The molecule has 0 radical (unpaired) electrons. The van der Waals surface area contributed by atoms with Crippen LogP contribution in [0.15, 0.2) is 6.07 Å². The minimum atomic E-state index is -0.440. The summed E-state index contributed by atoms with van der Waals surface area (Å²) in [5.41, 5.74) is 0.900. The Bertz CT molecular complexity index is 449. The maximum absolute atomic E-state index is 11.8. The Morgan fingerprint density at radius 3 is 2.55 bits per heavy atom. The lowest BCUT2D eigenvalue weighted by molar-refractivity contribution is 0.0300. The molecular formula is C15H26N2O2S. The Kier molecular flexibility index (Phi) is 6.02. The van der Waals surface area contributed by atoms with E-state index in [1.165, 1.54) is 15.3 Å². The number of carbonyl (C=O) groups is 1. The van der Waals surface area contributed by atoms with Gasteiger partial charge in [-0.1, -0.05) is 0 Å². The Labute approximate surface area is 126 Å². The molecule has 0 fully saturated rings. The van der Waals surface area contributed by atoms with Crippen LogP contribution < -0.4 is 5.32 Å². The number of nitrogens with one attached hydrogen (secondary N) is 1. The third-order valence-electron chi connectivity index (χ3n) is 2.79. The van der Waals surface area contributed by atoms with Gasteiger partial charge in [0.15, 0.2) is 0 Å². The first-order chi connectivity index (χ1) is 9.19. The fourth-order valence-corrected chi connectivity index (χ4v) is 2.71. The summed E-state index contributed by atoms with van der Waals surface area (Å²) in [5.74, 6) is 0. The molecule has 1 heterocycles. The second-order valence-electron chi connectivity index (χ2n) is 6.02. The van der Waals surface area contributed by atoms with Crippen molar-refractivity contribution in [3.05, 3.63) is 21.4 Å². The van der Waals surface area contributed by atoms with E-state index in [-0.39, 0.29) is 6.09 Å². The highest BCUT2D eigenvalue weighted by atomic mass is 32.1. The number of aryl methyl sites for hydroxylation is 2. The highest BCUT2D eigenvalue weighted by molar-refractivity contribution is 7.12. The topological polar surface area (TPSA) is 41.6 Å². The molecule has 0 aliphatic heterocycles. The number of hydrogen-bond acceptors (Lipinski definition) is 4. The van der Waals surface area contributed by atoms with Crippen LogP contribution in [-0.2, 0) is 11.3 Å². The Balaban J connectivity index is 2.27. The molecule has 0 aromatic carbocycles. The molecule has 0 unspecified atom stereocenters. The molecule has 0 saturated carbocycles. The minimum absolute atomic E-state index is 0.276. The van der Waals surface area contributed by atoms with E-state index in [1.54, 1.807) is 11.9 Å². The molecule has 0 atom stereocenters. The Hall–Kier alpha value is -1.07. The fourth-order valence-electron chi connectivity index (χ4n) is 1.76. The second-order valence-corrected chi connectivity index (χ2v) is 7.48. The first-order valence-electron chi connectivity index (χ1n) is 6.90. The van der Waals surface area contributed by atoms with Gasteiger partial charge in [-0.05, 0) is 46.2 Å². The van der Waals surface area contributed by atoms with Gasteiger partial charge in [-0.15, -0.1) is 11.3 Å². The second kappa shape index (κ2) is 7.09. The summed E-state index contributed by atoms with van der Waals surface area (Å²) in [6.07, 6.45) is -0.276. The van der Waals surface area contributed by atoms with E-state index in [9.17, 15) is 4.79 Å². The van der Waals surface area contributed by atoms with E-state index in [4.69, 9.17) is 4.74 Å². The first kappa shape index (κ1) is 17.0. The van der Waals surface area contributed by atoms with Gasteiger partial charge in [-0.3, -0.25) is 0 Å². The summed E-state index contributed by atoms with van der Waals surface area (Å²) >= 11 is 1.82. The van der Waals surface area contributed by atoms with Crippen LogP contribution in [0.5, 0.6) is 0 Å². The summed E-state index contributed by atoms with van der Waals surface area (Å²) in [6.45, 7) is 12.1. The number of amides is 1. The number of thiophene rings is 1. The highest BCUT2D eigenvalue weighted by Gasteiger charge is 2.19. The fraction of sp³-hybridized carbons (Fsp3) is 0.667. The van der Waals surface area contributed by atoms with E-state index in [1.807, 2.05) is 32.1 Å². The molecule has 1 amide bonds. The molecular weight excluding hydrogens is 272 g/mol. The van der Waals surface area contributed by atoms with Crippen molar-refractivity contribution in [2.75, 3.05) is 20.1 Å². The summed E-state index contributed by atoms with van der Waals surface area (Å²) in [4.78, 5) is 16.1. The molecule has 0 bridgehead atoms. The van der Waals surface area contributed by atoms with Crippen molar-refractivity contribution in [3.63, 3.8) is 0 Å². The lowest BCUT2D eigenvalue weighted by Crippen LogP contribution is -2.37. The predicted molar refractivity (Wildman–Crippen MR) is 84.4 cm³/mol.